The third-order valence-corrected chi connectivity index (χ3v) is 4.39. The van der Waals surface area contributed by atoms with Gasteiger partial charge in [-0.1, -0.05) is 30.3 Å². The van der Waals surface area contributed by atoms with Gasteiger partial charge in [0.25, 0.3) is 0 Å². The molecule has 1 fully saturated rings. The molecule has 1 heterocycles. The lowest BCUT2D eigenvalue weighted by atomic mass is 9.79. The van der Waals surface area contributed by atoms with Crippen LogP contribution < -0.4 is 5.32 Å². The maximum Gasteiger partial charge on any atom is 0.241 e. The van der Waals surface area contributed by atoms with Gasteiger partial charge in [-0.3, -0.25) is 9.21 Å². The lowest BCUT2D eigenvalue weighted by Crippen LogP contribution is -2.61. The average molecular weight is 309 g/mol. The summed E-state index contributed by atoms with van der Waals surface area (Å²) >= 11 is 6.37. The maximum absolute atomic E-state index is 12.4. The minimum absolute atomic E-state index is 0.0212. The van der Waals surface area contributed by atoms with Gasteiger partial charge in [0.05, 0.1) is 12.5 Å². The first-order valence-electron chi connectivity index (χ1n) is 7.50. The van der Waals surface area contributed by atoms with Gasteiger partial charge in [-0.25, -0.2) is 0 Å². The molecule has 4 heteroatoms. The van der Waals surface area contributed by atoms with E-state index < -0.39 is 0 Å². The fraction of sp³-hybridized carbons (Fsp3) is 0.588. The van der Waals surface area contributed by atoms with Gasteiger partial charge in [0.1, 0.15) is 0 Å². The van der Waals surface area contributed by atoms with Gasteiger partial charge in [0.15, 0.2) is 0 Å². The van der Waals surface area contributed by atoms with Crippen molar-refractivity contribution in [1.82, 2.24) is 9.74 Å². The quantitative estimate of drug-likeness (QED) is 0.867. The number of hydrogen-bond donors (Lipinski definition) is 1. The van der Waals surface area contributed by atoms with E-state index in [9.17, 15) is 4.79 Å². The van der Waals surface area contributed by atoms with E-state index in [1.54, 1.807) is 0 Å². The molecule has 0 atom stereocenters. The van der Waals surface area contributed by atoms with Gasteiger partial charge in [-0.05, 0) is 46.1 Å². The molecule has 1 saturated heterocycles. The molecule has 0 spiro atoms. The van der Waals surface area contributed by atoms with E-state index in [4.69, 9.17) is 11.8 Å². The van der Waals surface area contributed by atoms with E-state index in [1.807, 2.05) is 30.3 Å². The summed E-state index contributed by atoms with van der Waals surface area (Å²) < 4.78 is 1.43. The van der Waals surface area contributed by atoms with E-state index in [1.165, 1.54) is 4.42 Å². The molecule has 116 valence electrons. The van der Waals surface area contributed by atoms with Crippen LogP contribution in [0.5, 0.6) is 0 Å². The summed E-state index contributed by atoms with van der Waals surface area (Å²) in [6.45, 7) is 8.64. The Bertz CT molecular complexity index is 483. The Morgan fingerprint density at radius 3 is 2.24 bits per heavy atom. The zero-order valence-corrected chi connectivity index (χ0v) is 14.1. The van der Waals surface area contributed by atoms with E-state index >= 15 is 0 Å². The van der Waals surface area contributed by atoms with Crippen molar-refractivity contribution in [2.75, 3.05) is 0 Å². The van der Waals surface area contributed by atoms with Crippen LogP contribution in [0.1, 0.15) is 46.1 Å². The number of rotatable bonds is 3. The summed E-state index contributed by atoms with van der Waals surface area (Å²) in [7, 11) is 0. The minimum atomic E-state index is -0.0265. The number of amides is 1. The molecule has 1 N–H and O–H groups in total. The molecular formula is C17H25ClN2O. The van der Waals surface area contributed by atoms with Gasteiger partial charge in [-0.2, -0.15) is 0 Å². The van der Waals surface area contributed by atoms with E-state index in [0.29, 0.717) is 6.42 Å². The summed E-state index contributed by atoms with van der Waals surface area (Å²) in [6.07, 6.45) is 2.08. The number of hydrogen-bond acceptors (Lipinski definition) is 2. The largest absolute Gasteiger partial charge is 0.307 e. The monoisotopic (exact) mass is 308 g/mol. The number of carbonyl (C=O) groups is 1. The van der Waals surface area contributed by atoms with Crippen molar-refractivity contribution in [2.24, 2.45) is 0 Å². The van der Waals surface area contributed by atoms with Crippen LogP contribution in [0.15, 0.2) is 30.3 Å². The Hall–Kier alpha value is -1.06. The van der Waals surface area contributed by atoms with Crippen molar-refractivity contribution in [2.45, 2.75) is 64.1 Å². The van der Waals surface area contributed by atoms with E-state index in [2.05, 4.69) is 33.0 Å². The predicted molar refractivity (Wildman–Crippen MR) is 87.2 cm³/mol. The third-order valence-electron chi connectivity index (χ3n) is 3.93. The summed E-state index contributed by atoms with van der Waals surface area (Å²) in [4.78, 5) is 12.4. The summed E-state index contributed by atoms with van der Waals surface area (Å²) in [5.74, 6) is -0.0265. The zero-order chi connectivity index (χ0) is 15.7. The lowest BCUT2D eigenvalue weighted by Gasteiger charge is -2.48. The number of nitrogens with one attached hydrogen (secondary N) is 1. The number of carbonyl (C=O) groups excluding carboxylic acids is 1. The molecule has 0 radical (unpaired) electrons. The average Bonchev–Trinajstić information content (AvgIpc) is 2.35. The second-order valence-electron chi connectivity index (χ2n) is 7.32. The molecule has 0 bridgehead atoms. The van der Waals surface area contributed by atoms with E-state index in [0.717, 1.165) is 18.4 Å². The number of halogens is 1. The third kappa shape index (κ3) is 4.45. The van der Waals surface area contributed by atoms with Crippen LogP contribution in [0.2, 0.25) is 0 Å². The molecular weight excluding hydrogens is 284 g/mol. The van der Waals surface area contributed by atoms with Gasteiger partial charge >= 0.3 is 0 Å². The summed E-state index contributed by atoms with van der Waals surface area (Å²) in [6, 6.07) is 9.81. The molecule has 0 aromatic heterocycles. The van der Waals surface area contributed by atoms with Gasteiger partial charge < -0.3 is 5.32 Å². The van der Waals surface area contributed by atoms with Crippen molar-refractivity contribution in [1.29, 1.82) is 0 Å². The molecule has 0 saturated carbocycles. The summed E-state index contributed by atoms with van der Waals surface area (Å²) in [5, 5.41) is 3.61. The van der Waals surface area contributed by atoms with Crippen LogP contribution in [0.25, 0.3) is 0 Å². The molecule has 2 rings (SSSR count). The number of piperidine rings is 1. The molecule has 1 aromatic rings. The molecule has 1 aliphatic rings. The maximum atomic E-state index is 12.4. The zero-order valence-electron chi connectivity index (χ0n) is 13.3. The molecule has 3 nitrogen and oxygen atoms in total. The highest BCUT2D eigenvalue weighted by Crippen LogP contribution is 2.32. The first-order chi connectivity index (χ1) is 9.69. The number of benzene rings is 1. The Morgan fingerprint density at radius 2 is 1.71 bits per heavy atom. The van der Waals surface area contributed by atoms with Crippen LogP contribution in [0, 0.1) is 0 Å². The normalized spacial score (nSPS) is 21.0. The predicted octanol–water partition coefficient (Wildman–Crippen LogP) is 3.52. The van der Waals surface area contributed by atoms with Crippen LogP contribution >= 0.6 is 11.8 Å². The molecule has 0 aliphatic carbocycles. The Kier molecular flexibility index (Phi) is 4.64. The van der Waals surface area contributed by atoms with Gasteiger partial charge in [0, 0.05) is 22.9 Å². The molecule has 1 aromatic carbocycles. The first-order valence-corrected chi connectivity index (χ1v) is 7.83. The van der Waals surface area contributed by atoms with Crippen LogP contribution in [0.3, 0.4) is 0 Å². The highest BCUT2D eigenvalue weighted by Gasteiger charge is 2.40. The van der Waals surface area contributed by atoms with Crippen LogP contribution in [-0.4, -0.2) is 27.4 Å². The van der Waals surface area contributed by atoms with Crippen molar-refractivity contribution in [3.63, 3.8) is 0 Å². The van der Waals surface area contributed by atoms with Crippen molar-refractivity contribution in [3.8, 4) is 0 Å². The van der Waals surface area contributed by atoms with Gasteiger partial charge in [0.2, 0.25) is 5.91 Å². The molecule has 0 unspecified atom stereocenters. The molecule has 1 amide bonds. The first kappa shape index (κ1) is 16.3. The van der Waals surface area contributed by atoms with Crippen molar-refractivity contribution < 1.29 is 4.79 Å². The van der Waals surface area contributed by atoms with Crippen molar-refractivity contribution in [3.05, 3.63) is 35.9 Å². The minimum Gasteiger partial charge on any atom is -0.307 e. The highest BCUT2D eigenvalue weighted by atomic mass is 35.5. The van der Waals surface area contributed by atoms with Crippen LogP contribution in [-0.2, 0) is 11.2 Å². The highest BCUT2D eigenvalue weighted by molar-refractivity contribution is 6.21. The standard InChI is InChI=1S/C17H25ClN2O/c1-16(2)11-14(12-17(3,4)19-16)20(18)15(21)10-13-8-6-5-7-9-13/h5-9,14,19H,10-12H2,1-4H3. The number of nitrogens with zero attached hydrogens (tertiary/aromatic N) is 1. The Balaban J connectivity index is 2.05. The second kappa shape index (κ2) is 5.98. The summed E-state index contributed by atoms with van der Waals surface area (Å²) in [5.41, 5.74) is 0.958. The fourth-order valence-electron chi connectivity index (χ4n) is 3.48. The topological polar surface area (TPSA) is 32.3 Å². The second-order valence-corrected chi connectivity index (χ2v) is 7.69. The van der Waals surface area contributed by atoms with E-state index in [-0.39, 0.29) is 23.0 Å². The smallest absolute Gasteiger partial charge is 0.241 e. The lowest BCUT2D eigenvalue weighted by molar-refractivity contribution is -0.128. The Morgan fingerprint density at radius 1 is 1.19 bits per heavy atom. The van der Waals surface area contributed by atoms with Crippen molar-refractivity contribution >= 4 is 17.7 Å². The Labute approximate surface area is 132 Å². The molecule has 1 aliphatic heterocycles. The fourth-order valence-corrected chi connectivity index (χ4v) is 3.68. The molecule has 21 heavy (non-hydrogen) atoms. The van der Waals surface area contributed by atoms with Gasteiger partial charge in [-0.15, -0.1) is 0 Å². The SMILES string of the molecule is CC1(C)CC(N(Cl)C(=O)Cc2ccccc2)CC(C)(C)N1. The van der Waals surface area contributed by atoms with Crippen LogP contribution in [0.4, 0.5) is 0 Å².